The minimum atomic E-state index is -0.244. The maximum Gasteiger partial charge on any atom is 0.123 e. The maximum absolute atomic E-state index is 13.9. The van der Waals surface area contributed by atoms with E-state index in [4.69, 9.17) is 9.47 Å². The van der Waals surface area contributed by atoms with Crippen molar-refractivity contribution < 1.29 is 19.0 Å². The van der Waals surface area contributed by atoms with Crippen molar-refractivity contribution in [3.63, 3.8) is 0 Å². The molecule has 0 bridgehead atoms. The third kappa shape index (κ3) is 4.13. The van der Waals surface area contributed by atoms with E-state index in [9.17, 15) is 9.50 Å². The first-order valence-corrected chi connectivity index (χ1v) is 10.2. The van der Waals surface area contributed by atoms with Crippen LogP contribution in [0.15, 0.2) is 48.5 Å². The second-order valence-corrected chi connectivity index (χ2v) is 7.64. The summed E-state index contributed by atoms with van der Waals surface area (Å²) in [4.78, 5) is 0. The molecule has 0 saturated carbocycles. The van der Waals surface area contributed by atoms with Gasteiger partial charge in [0.05, 0.1) is 18.8 Å². The van der Waals surface area contributed by atoms with E-state index in [-0.39, 0.29) is 30.5 Å². The summed E-state index contributed by atoms with van der Waals surface area (Å²) in [6, 6.07) is 14.8. The monoisotopic (exact) mass is 385 g/mol. The van der Waals surface area contributed by atoms with Crippen LogP contribution in [0.3, 0.4) is 0 Å². The zero-order valence-electron chi connectivity index (χ0n) is 16.0. The molecule has 2 saturated heterocycles. The fourth-order valence-electron chi connectivity index (χ4n) is 4.69. The molecule has 28 heavy (non-hydrogen) atoms. The Bertz CT molecular complexity index is 768. The smallest absolute Gasteiger partial charge is 0.123 e. The standard InChI is InChI=1S/C23H28FNO3/c24-18-5-3-4-17(14-18)19-6-1-2-7-20(19)23-22(21-15-25-10-13-27-21)16(8-11-26)9-12-28-23/h1-7,14,16,21-23,25-26H,8-13,15H2. The van der Waals surface area contributed by atoms with Gasteiger partial charge in [-0.2, -0.15) is 0 Å². The van der Waals surface area contributed by atoms with Gasteiger partial charge in [-0.15, -0.1) is 0 Å². The highest BCUT2D eigenvalue weighted by Crippen LogP contribution is 2.44. The van der Waals surface area contributed by atoms with Crippen molar-refractivity contribution in [1.29, 1.82) is 0 Å². The van der Waals surface area contributed by atoms with Crippen LogP contribution in [0.4, 0.5) is 4.39 Å². The van der Waals surface area contributed by atoms with Gasteiger partial charge < -0.3 is 19.9 Å². The van der Waals surface area contributed by atoms with Crippen LogP contribution >= 0.6 is 0 Å². The van der Waals surface area contributed by atoms with E-state index in [0.29, 0.717) is 19.1 Å². The predicted molar refractivity (Wildman–Crippen MR) is 106 cm³/mol. The average molecular weight is 385 g/mol. The summed E-state index contributed by atoms with van der Waals surface area (Å²) in [6.07, 6.45) is 1.56. The second-order valence-electron chi connectivity index (χ2n) is 7.64. The fourth-order valence-corrected chi connectivity index (χ4v) is 4.69. The molecule has 2 aromatic carbocycles. The number of nitrogens with one attached hydrogen (secondary N) is 1. The minimum Gasteiger partial charge on any atom is -0.396 e. The topological polar surface area (TPSA) is 50.7 Å². The van der Waals surface area contributed by atoms with Gasteiger partial charge >= 0.3 is 0 Å². The van der Waals surface area contributed by atoms with Crippen LogP contribution in [0.25, 0.3) is 11.1 Å². The van der Waals surface area contributed by atoms with Gasteiger partial charge in [0.25, 0.3) is 0 Å². The molecule has 2 aromatic rings. The summed E-state index contributed by atoms with van der Waals surface area (Å²) in [5, 5.41) is 13.0. The van der Waals surface area contributed by atoms with Crippen LogP contribution in [0.1, 0.15) is 24.5 Å². The van der Waals surface area contributed by atoms with Crippen molar-refractivity contribution >= 4 is 0 Å². The highest BCUT2D eigenvalue weighted by molar-refractivity contribution is 5.68. The molecule has 0 amide bonds. The summed E-state index contributed by atoms with van der Waals surface area (Å²) in [5.41, 5.74) is 2.91. The Balaban J connectivity index is 1.73. The van der Waals surface area contributed by atoms with Crippen LogP contribution < -0.4 is 5.32 Å². The number of rotatable bonds is 5. The number of hydrogen-bond donors (Lipinski definition) is 2. The largest absolute Gasteiger partial charge is 0.396 e. The van der Waals surface area contributed by atoms with Gasteiger partial charge in [-0.25, -0.2) is 4.39 Å². The lowest BCUT2D eigenvalue weighted by Crippen LogP contribution is -2.49. The minimum absolute atomic E-state index is 0.0381. The molecule has 4 nitrogen and oxygen atoms in total. The van der Waals surface area contributed by atoms with Crippen molar-refractivity contribution in [2.45, 2.75) is 25.0 Å². The number of halogens is 1. The normalized spacial score (nSPS) is 28.2. The van der Waals surface area contributed by atoms with Gasteiger partial charge in [-0.3, -0.25) is 0 Å². The first kappa shape index (κ1) is 19.5. The van der Waals surface area contributed by atoms with E-state index >= 15 is 0 Å². The van der Waals surface area contributed by atoms with Crippen LogP contribution in [-0.2, 0) is 9.47 Å². The molecular formula is C23H28FNO3. The molecule has 4 unspecified atom stereocenters. The third-order valence-electron chi connectivity index (χ3n) is 5.97. The Kier molecular flexibility index (Phi) is 6.37. The van der Waals surface area contributed by atoms with E-state index in [1.165, 1.54) is 6.07 Å². The zero-order chi connectivity index (χ0) is 19.3. The van der Waals surface area contributed by atoms with E-state index in [1.54, 1.807) is 12.1 Å². The molecule has 0 aliphatic carbocycles. The highest BCUT2D eigenvalue weighted by Gasteiger charge is 2.42. The number of benzene rings is 2. The van der Waals surface area contributed by atoms with E-state index in [1.807, 2.05) is 24.3 Å². The van der Waals surface area contributed by atoms with Gasteiger partial charge in [0.2, 0.25) is 0 Å². The van der Waals surface area contributed by atoms with Crippen molar-refractivity contribution in [1.82, 2.24) is 5.32 Å². The first-order valence-electron chi connectivity index (χ1n) is 10.2. The van der Waals surface area contributed by atoms with Gasteiger partial charge in [-0.1, -0.05) is 36.4 Å². The van der Waals surface area contributed by atoms with E-state index in [0.717, 1.165) is 42.6 Å². The third-order valence-corrected chi connectivity index (χ3v) is 5.97. The maximum atomic E-state index is 13.9. The number of morpholine rings is 1. The molecule has 2 aliphatic rings. The van der Waals surface area contributed by atoms with Crippen LogP contribution in [0.5, 0.6) is 0 Å². The molecule has 2 fully saturated rings. The lowest BCUT2D eigenvalue weighted by atomic mass is 9.74. The molecule has 5 heteroatoms. The van der Waals surface area contributed by atoms with Crippen LogP contribution in [0, 0.1) is 17.7 Å². The summed E-state index contributed by atoms with van der Waals surface area (Å²) in [5.74, 6) is 0.226. The number of hydrogen-bond acceptors (Lipinski definition) is 4. The van der Waals surface area contributed by atoms with Crippen molar-refractivity contribution in [2.24, 2.45) is 11.8 Å². The SMILES string of the molecule is OCCC1CCOC(c2ccccc2-c2cccc(F)c2)C1C1CNCCO1. The first-order chi connectivity index (χ1) is 13.8. The predicted octanol–water partition coefficient (Wildman–Crippen LogP) is 3.56. The number of ether oxygens (including phenoxy) is 2. The van der Waals surface area contributed by atoms with Crippen molar-refractivity contribution in [2.75, 3.05) is 32.9 Å². The summed E-state index contributed by atoms with van der Waals surface area (Å²) in [7, 11) is 0. The van der Waals surface area contributed by atoms with Crippen LogP contribution in [0.2, 0.25) is 0 Å². The number of aliphatic hydroxyl groups excluding tert-OH is 1. The summed E-state index contributed by atoms with van der Waals surface area (Å²) in [6.45, 7) is 3.15. The van der Waals surface area contributed by atoms with Crippen LogP contribution in [-0.4, -0.2) is 44.1 Å². The Labute approximate surface area is 165 Å². The molecular weight excluding hydrogens is 357 g/mol. The molecule has 0 spiro atoms. The Hall–Kier alpha value is -1.79. The van der Waals surface area contributed by atoms with Gasteiger partial charge in [0.15, 0.2) is 0 Å². The Morgan fingerprint density at radius 2 is 1.96 bits per heavy atom. The van der Waals surface area contributed by atoms with E-state index in [2.05, 4.69) is 11.4 Å². The molecule has 150 valence electrons. The fraction of sp³-hybridized carbons (Fsp3) is 0.478. The molecule has 2 heterocycles. The molecule has 0 aromatic heterocycles. The average Bonchev–Trinajstić information content (AvgIpc) is 2.74. The zero-order valence-corrected chi connectivity index (χ0v) is 16.0. The molecule has 2 N–H and O–H groups in total. The van der Waals surface area contributed by atoms with E-state index < -0.39 is 0 Å². The summed E-state index contributed by atoms with van der Waals surface area (Å²) >= 11 is 0. The lowest BCUT2D eigenvalue weighted by molar-refractivity contribution is -0.131. The second kappa shape index (κ2) is 9.14. The molecule has 0 radical (unpaired) electrons. The van der Waals surface area contributed by atoms with Crippen molar-refractivity contribution in [3.8, 4) is 11.1 Å². The number of aliphatic hydroxyl groups is 1. The molecule has 4 rings (SSSR count). The highest BCUT2D eigenvalue weighted by atomic mass is 19.1. The summed E-state index contributed by atoms with van der Waals surface area (Å²) < 4.78 is 26.3. The van der Waals surface area contributed by atoms with Crippen molar-refractivity contribution in [3.05, 3.63) is 59.9 Å². The van der Waals surface area contributed by atoms with Gasteiger partial charge in [0.1, 0.15) is 5.82 Å². The lowest BCUT2D eigenvalue weighted by Gasteiger charge is -2.44. The quantitative estimate of drug-likeness (QED) is 0.826. The Morgan fingerprint density at radius 1 is 1.07 bits per heavy atom. The Morgan fingerprint density at radius 3 is 2.75 bits per heavy atom. The van der Waals surface area contributed by atoms with Gasteiger partial charge in [0, 0.05) is 32.2 Å². The molecule has 2 aliphatic heterocycles. The molecule has 4 atom stereocenters. The van der Waals surface area contributed by atoms with Gasteiger partial charge in [-0.05, 0) is 47.6 Å².